The van der Waals surface area contributed by atoms with Crippen molar-refractivity contribution in [3.8, 4) is 0 Å². The maximum atomic E-state index is 12.3. The molecule has 20 heavy (non-hydrogen) atoms. The van der Waals surface area contributed by atoms with Crippen LogP contribution >= 0.6 is 0 Å². The number of rotatable bonds is 8. The van der Waals surface area contributed by atoms with Crippen LogP contribution in [-0.4, -0.2) is 29.3 Å². The topological polar surface area (TPSA) is 89.4 Å². The van der Waals surface area contributed by atoms with E-state index in [1.165, 1.54) is 0 Å². The number of nitrogens with two attached hydrogens (primary N) is 2. The normalized spacial score (nSPS) is 11.9. The quantitative estimate of drug-likeness (QED) is 0.743. The highest BCUT2D eigenvalue weighted by Crippen LogP contribution is 2.08. The molecule has 0 aliphatic rings. The van der Waals surface area contributed by atoms with Crippen LogP contribution in [0.3, 0.4) is 0 Å². The summed E-state index contributed by atoms with van der Waals surface area (Å²) in [5.74, 6) is -0.545. The second kappa shape index (κ2) is 8.32. The number of benzene rings is 1. The van der Waals surface area contributed by atoms with Crippen LogP contribution in [0.15, 0.2) is 30.3 Å². The summed E-state index contributed by atoms with van der Waals surface area (Å²) >= 11 is 0. The number of amides is 2. The first-order chi connectivity index (χ1) is 9.54. The second-order valence-corrected chi connectivity index (χ2v) is 4.86. The maximum absolute atomic E-state index is 12.3. The van der Waals surface area contributed by atoms with Crippen LogP contribution in [0.5, 0.6) is 0 Å². The van der Waals surface area contributed by atoms with Crippen molar-refractivity contribution in [3.63, 3.8) is 0 Å². The number of primary amides is 1. The van der Waals surface area contributed by atoms with Crippen molar-refractivity contribution in [3.05, 3.63) is 35.9 Å². The Labute approximate surface area is 119 Å². The maximum Gasteiger partial charge on any atom is 0.239 e. The van der Waals surface area contributed by atoms with Crippen LogP contribution in [0, 0.1) is 0 Å². The van der Waals surface area contributed by atoms with Crippen LogP contribution < -0.4 is 11.5 Å². The van der Waals surface area contributed by atoms with Crippen LogP contribution in [0.25, 0.3) is 0 Å². The Morgan fingerprint density at radius 2 is 1.90 bits per heavy atom. The van der Waals surface area contributed by atoms with Gasteiger partial charge in [0.05, 0.1) is 6.04 Å². The van der Waals surface area contributed by atoms with E-state index in [4.69, 9.17) is 11.5 Å². The van der Waals surface area contributed by atoms with Crippen LogP contribution in [0.4, 0.5) is 0 Å². The van der Waals surface area contributed by atoms with E-state index in [0.29, 0.717) is 19.5 Å². The molecule has 5 heteroatoms. The SMILES string of the molecule is CCC[C@@H](N)C(=O)N(CCC(N)=O)Cc1ccccc1. The Morgan fingerprint density at radius 1 is 1.25 bits per heavy atom. The van der Waals surface area contributed by atoms with Crippen LogP contribution in [-0.2, 0) is 16.1 Å². The molecule has 0 bridgehead atoms. The van der Waals surface area contributed by atoms with Gasteiger partial charge < -0.3 is 16.4 Å². The number of carbonyl (C=O) groups is 2. The molecule has 0 aromatic heterocycles. The van der Waals surface area contributed by atoms with Gasteiger partial charge in [-0.15, -0.1) is 0 Å². The molecule has 2 amide bonds. The molecule has 0 fully saturated rings. The van der Waals surface area contributed by atoms with Gasteiger partial charge >= 0.3 is 0 Å². The fourth-order valence-corrected chi connectivity index (χ4v) is 1.99. The first-order valence-electron chi connectivity index (χ1n) is 6.91. The van der Waals surface area contributed by atoms with E-state index in [9.17, 15) is 9.59 Å². The Bertz CT molecular complexity index is 434. The first-order valence-corrected chi connectivity index (χ1v) is 6.91. The Kier molecular flexibility index (Phi) is 6.73. The summed E-state index contributed by atoms with van der Waals surface area (Å²) in [6.45, 7) is 2.74. The van der Waals surface area contributed by atoms with Crippen molar-refractivity contribution >= 4 is 11.8 Å². The summed E-state index contributed by atoms with van der Waals surface area (Å²) in [7, 11) is 0. The highest BCUT2D eigenvalue weighted by atomic mass is 16.2. The molecule has 110 valence electrons. The van der Waals surface area contributed by atoms with Crippen molar-refractivity contribution in [2.45, 2.75) is 38.8 Å². The number of carbonyl (C=O) groups excluding carboxylic acids is 2. The molecule has 4 N–H and O–H groups in total. The fraction of sp³-hybridized carbons (Fsp3) is 0.467. The Balaban J connectivity index is 2.73. The monoisotopic (exact) mass is 277 g/mol. The van der Waals surface area contributed by atoms with Gasteiger partial charge in [0.2, 0.25) is 11.8 Å². The molecule has 0 saturated heterocycles. The van der Waals surface area contributed by atoms with E-state index in [1.807, 2.05) is 37.3 Å². The molecular weight excluding hydrogens is 254 g/mol. The summed E-state index contributed by atoms with van der Waals surface area (Å²) < 4.78 is 0. The largest absolute Gasteiger partial charge is 0.370 e. The third-order valence-corrected chi connectivity index (χ3v) is 3.07. The predicted octanol–water partition coefficient (Wildman–Crippen LogP) is 1.02. The smallest absolute Gasteiger partial charge is 0.239 e. The zero-order valence-corrected chi connectivity index (χ0v) is 11.9. The van der Waals surface area contributed by atoms with Gasteiger partial charge in [0.25, 0.3) is 0 Å². The standard InChI is InChI=1S/C15H23N3O2/c1-2-6-13(16)15(20)18(10-9-14(17)19)11-12-7-4-3-5-8-12/h3-5,7-8,13H,2,6,9-11,16H2,1H3,(H2,17,19)/t13-/m1/s1. The van der Waals surface area contributed by atoms with Crippen LogP contribution in [0.1, 0.15) is 31.7 Å². The third-order valence-electron chi connectivity index (χ3n) is 3.07. The summed E-state index contributed by atoms with van der Waals surface area (Å²) in [5, 5.41) is 0. The van der Waals surface area contributed by atoms with Gasteiger partial charge in [-0.2, -0.15) is 0 Å². The summed E-state index contributed by atoms with van der Waals surface area (Å²) in [6, 6.07) is 9.11. The van der Waals surface area contributed by atoms with Crippen molar-refractivity contribution in [1.29, 1.82) is 0 Å². The van der Waals surface area contributed by atoms with Gasteiger partial charge in [-0.3, -0.25) is 9.59 Å². The van der Waals surface area contributed by atoms with Gasteiger partial charge in [0, 0.05) is 19.5 Å². The minimum absolute atomic E-state index is 0.128. The van der Waals surface area contributed by atoms with E-state index < -0.39 is 11.9 Å². The molecule has 5 nitrogen and oxygen atoms in total. The zero-order valence-electron chi connectivity index (χ0n) is 11.9. The molecule has 0 unspecified atom stereocenters. The van der Waals surface area contributed by atoms with Gasteiger partial charge in [-0.25, -0.2) is 0 Å². The van der Waals surface area contributed by atoms with E-state index in [-0.39, 0.29) is 12.3 Å². The van der Waals surface area contributed by atoms with E-state index in [2.05, 4.69) is 0 Å². The van der Waals surface area contributed by atoms with E-state index in [0.717, 1.165) is 12.0 Å². The third kappa shape index (κ3) is 5.40. The molecule has 0 aliphatic carbocycles. The van der Waals surface area contributed by atoms with Crippen molar-refractivity contribution in [2.24, 2.45) is 11.5 Å². The van der Waals surface area contributed by atoms with Gasteiger partial charge in [-0.1, -0.05) is 43.7 Å². The lowest BCUT2D eigenvalue weighted by atomic mass is 10.1. The van der Waals surface area contributed by atoms with Gasteiger partial charge in [0.15, 0.2) is 0 Å². The predicted molar refractivity (Wildman–Crippen MR) is 78.6 cm³/mol. The number of hydrogen-bond donors (Lipinski definition) is 2. The summed E-state index contributed by atoms with van der Waals surface area (Å²) in [4.78, 5) is 24.8. The minimum atomic E-state index is -0.517. The Hall–Kier alpha value is -1.88. The molecule has 0 saturated carbocycles. The highest BCUT2D eigenvalue weighted by molar-refractivity contribution is 5.82. The minimum Gasteiger partial charge on any atom is -0.370 e. The zero-order chi connectivity index (χ0) is 15.0. The lowest BCUT2D eigenvalue weighted by molar-refractivity contribution is -0.133. The Morgan fingerprint density at radius 3 is 2.45 bits per heavy atom. The molecule has 1 aromatic rings. The molecule has 1 atom stereocenters. The van der Waals surface area contributed by atoms with Crippen molar-refractivity contribution < 1.29 is 9.59 Å². The molecule has 0 heterocycles. The van der Waals surface area contributed by atoms with Gasteiger partial charge in [-0.05, 0) is 12.0 Å². The van der Waals surface area contributed by atoms with E-state index in [1.54, 1.807) is 4.90 Å². The number of nitrogens with zero attached hydrogens (tertiary/aromatic N) is 1. The highest BCUT2D eigenvalue weighted by Gasteiger charge is 2.20. The molecule has 0 spiro atoms. The van der Waals surface area contributed by atoms with E-state index >= 15 is 0 Å². The molecule has 1 rings (SSSR count). The van der Waals surface area contributed by atoms with Gasteiger partial charge in [0.1, 0.15) is 0 Å². The number of hydrogen-bond acceptors (Lipinski definition) is 3. The average molecular weight is 277 g/mol. The van der Waals surface area contributed by atoms with Crippen molar-refractivity contribution in [2.75, 3.05) is 6.54 Å². The lowest BCUT2D eigenvalue weighted by Crippen LogP contribution is -2.44. The molecule has 1 aromatic carbocycles. The molecule has 0 radical (unpaired) electrons. The lowest BCUT2D eigenvalue weighted by Gasteiger charge is -2.25. The van der Waals surface area contributed by atoms with Crippen molar-refractivity contribution in [1.82, 2.24) is 4.90 Å². The first kappa shape index (κ1) is 16.2. The summed E-state index contributed by atoms with van der Waals surface area (Å²) in [5.41, 5.74) is 12.1. The average Bonchev–Trinajstić information content (AvgIpc) is 2.44. The second-order valence-electron chi connectivity index (χ2n) is 4.86. The summed E-state index contributed by atoms with van der Waals surface area (Å²) in [6.07, 6.45) is 1.64. The molecular formula is C15H23N3O2. The molecule has 0 aliphatic heterocycles. The fourth-order valence-electron chi connectivity index (χ4n) is 1.99. The van der Waals surface area contributed by atoms with Crippen LogP contribution in [0.2, 0.25) is 0 Å².